The van der Waals surface area contributed by atoms with Crippen molar-refractivity contribution in [3.63, 3.8) is 0 Å². The molecule has 1 N–H and O–H groups in total. The van der Waals surface area contributed by atoms with Crippen LogP contribution in [0.2, 0.25) is 0 Å². The molecule has 0 fully saturated rings. The van der Waals surface area contributed by atoms with Gasteiger partial charge in [-0.05, 0) is 36.4 Å². The molecule has 1 aliphatic heterocycles. The third-order valence-electron chi connectivity index (χ3n) is 5.75. The molecule has 0 saturated heterocycles. The fourth-order valence-corrected chi connectivity index (χ4v) is 4.24. The summed E-state index contributed by atoms with van der Waals surface area (Å²) in [6, 6.07) is 15.4. The average Bonchev–Trinajstić information content (AvgIpc) is 3.30. The number of benzene rings is 3. The Bertz CT molecular complexity index is 1460. The second-order valence-corrected chi connectivity index (χ2v) is 7.50. The van der Waals surface area contributed by atoms with Crippen LogP contribution in [-0.2, 0) is 4.74 Å². The molecule has 9 nitrogen and oxygen atoms in total. The SMILES string of the molecule is COC(=O)c1cc(-c2c(OC)cccc2OC)n(-c2ccc3c4c(cccc24)C(=O)NC3=O)n1. The second kappa shape index (κ2) is 8.04. The van der Waals surface area contributed by atoms with Gasteiger partial charge in [0.15, 0.2) is 5.69 Å². The zero-order chi connectivity index (χ0) is 24.0. The lowest BCUT2D eigenvalue weighted by molar-refractivity contribution is 0.0593. The number of amides is 2. The standard InChI is InChI=1S/C25H19N3O6/c1-32-19-8-5-9-20(33-2)22(19)18-12-16(25(31)34-3)27-28(18)17-11-10-15-21-13(17)6-4-7-14(21)23(29)26-24(15)30/h4-12H,1-3H3,(H,26,29,30). The van der Waals surface area contributed by atoms with Crippen molar-refractivity contribution in [2.24, 2.45) is 0 Å². The topological polar surface area (TPSA) is 109 Å². The van der Waals surface area contributed by atoms with Gasteiger partial charge in [-0.25, -0.2) is 9.48 Å². The largest absolute Gasteiger partial charge is 0.496 e. The summed E-state index contributed by atoms with van der Waals surface area (Å²) in [5.41, 5.74) is 2.46. The molecule has 0 radical (unpaired) electrons. The average molecular weight is 457 g/mol. The van der Waals surface area contributed by atoms with Gasteiger partial charge in [-0.1, -0.05) is 18.2 Å². The first-order chi connectivity index (χ1) is 16.5. The lowest BCUT2D eigenvalue weighted by Gasteiger charge is -2.20. The molecule has 5 rings (SSSR count). The Morgan fingerprint density at radius 3 is 2.18 bits per heavy atom. The van der Waals surface area contributed by atoms with E-state index in [0.29, 0.717) is 50.3 Å². The number of nitrogens with one attached hydrogen (secondary N) is 1. The van der Waals surface area contributed by atoms with Crippen LogP contribution >= 0.6 is 0 Å². The van der Waals surface area contributed by atoms with Gasteiger partial charge in [0.2, 0.25) is 0 Å². The van der Waals surface area contributed by atoms with Crippen molar-refractivity contribution in [3.8, 4) is 28.4 Å². The zero-order valence-corrected chi connectivity index (χ0v) is 18.5. The maximum atomic E-state index is 12.5. The van der Waals surface area contributed by atoms with E-state index in [1.54, 1.807) is 59.3 Å². The van der Waals surface area contributed by atoms with Gasteiger partial charge in [0, 0.05) is 21.9 Å². The van der Waals surface area contributed by atoms with Crippen molar-refractivity contribution in [2.45, 2.75) is 0 Å². The highest BCUT2D eigenvalue weighted by molar-refractivity contribution is 6.26. The molecule has 9 heteroatoms. The number of carbonyl (C=O) groups excluding carboxylic acids is 3. The van der Waals surface area contributed by atoms with Crippen LogP contribution in [0.15, 0.2) is 54.6 Å². The Kier molecular flexibility index (Phi) is 5.01. The van der Waals surface area contributed by atoms with Crippen molar-refractivity contribution in [3.05, 3.63) is 71.4 Å². The number of nitrogens with zero attached hydrogens (tertiary/aromatic N) is 2. The van der Waals surface area contributed by atoms with Gasteiger partial charge in [0.25, 0.3) is 11.8 Å². The molecule has 0 spiro atoms. The van der Waals surface area contributed by atoms with Gasteiger partial charge in [0.05, 0.1) is 38.3 Å². The van der Waals surface area contributed by atoms with E-state index < -0.39 is 17.8 Å². The van der Waals surface area contributed by atoms with Gasteiger partial charge >= 0.3 is 5.97 Å². The van der Waals surface area contributed by atoms with E-state index in [1.165, 1.54) is 21.3 Å². The minimum atomic E-state index is -0.619. The Balaban J connectivity index is 1.87. The van der Waals surface area contributed by atoms with E-state index in [0.717, 1.165) is 0 Å². The molecule has 170 valence electrons. The Hall–Kier alpha value is -4.66. The first-order valence-electron chi connectivity index (χ1n) is 10.3. The van der Waals surface area contributed by atoms with Gasteiger partial charge in [-0.3, -0.25) is 14.9 Å². The number of methoxy groups -OCH3 is 3. The summed E-state index contributed by atoms with van der Waals surface area (Å²) in [5.74, 6) is -0.542. The Morgan fingerprint density at radius 1 is 0.882 bits per heavy atom. The van der Waals surface area contributed by atoms with Crippen LogP contribution in [0.4, 0.5) is 0 Å². The maximum absolute atomic E-state index is 12.5. The van der Waals surface area contributed by atoms with Crippen LogP contribution in [0.3, 0.4) is 0 Å². The summed E-state index contributed by atoms with van der Waals surface area (Å²) in [6.07, 6.45) is 0. The van der Waals surface area contributed by atoms with E-state index in [1.807, 2.05) is 0 Å². The second-order valence-electron chi connectivity index (χ2n) is 7.50. The molecule has 0 bridgehead atoms. The molecule has 0 saturated carbocycles. The molecule has 0 atom stereocenters. The number of rotatable bonds is 5. The molecular formula is C25H19N3O6. The normalized spacial score (nSPS) is 12.4. The number of ether oxygens (including phenoxy) is 3. The van der Waals surface area contributed by atoms with E-state index in [-0.39, 0.29) is 5.69 Å². The summed E-state index contributed by atoms with van der Waals surface area (Å²) < 4.78 is 17.6. The van der Waals surface area contributed by atoms with Crippen molar-refractivity contribution in [1.82, 2.24) is 15.1 Å². The summed E-state index contributed by atoms with van der Waals surface area (Å²) in [4.78, 5) is 37.3. The highest BCUT2D eigenvalue weighted by Gasteiger charge is 2.28. The van der Waals surface area contributed by atoms with Gasteiger partial charge < -0.3 is 14.2 Å². The van der Waals surface area contributed by atoms with E-state index in [4.69, 9.17) is 14.2 Å². The van der Waals surface area contributed by atoms with Gasteiger partial charge in [-0.2, -0.15) is 5.10 Å². The van der Waals surface area contributed by atoms with Crippen LogP contribution in [0.5, 0.6) is 11.5 Å². The summed E-state index contributed by atoms with van der Waals surface area (Å²) >= 11 is 0. The predicted molar refractivity (Wildman–Crippen MR) is 123 cm³/mol. The van der Waals surface area contributed by atoms with E-state index in [9.17, 15) is 14.4 Å². The van der Waals surface area contributed by atoms with Crippen LogP contribution in [0, 0.1) is 0 Å². The number of esters is 1. The number of hydrogen-bond acceptors (Lipinski definition) is 7. The van der Waals surface area contributed by atoms with Crippen LogP contribution in [-0.4, -0.2) is 48.9 Å². The molecular weight excluding hydrogens is 438 g/mol. The molecule has 0 unspecified atom stereocenters. The van der Waals surface area contributed by atoms with E-state index in [2.05, 4.69) is 10.4 Å². The first-order valence-corrected chi connectivity index (χ1v) is 10.3. The van der Waals surface area contributed by atoms with E-state index >= 15 is 0 Å². The number of carbonyl (C=O) groups is 3. The Labute approximate surface area is 193 Å². The molecule has 0 aliphatic carbocycles. The summed E-state index contributed by atoms with van der Waals surface area (Å²) in [6.45, 7) is 0. The van der Waals surface area contributed by atoms with Crippen molar-refractivity contribution in [1.29, 1.82) is 0 Å². The first kappa shape index (κ1) is 21.2. The van der Waals surface area contributed by atoms with Crippen LogP contribution < -0.4 is 14.8 Å². The molecule has 1 aromatic heterocycles. The predicted octanol–water partition coefficient (Wildman–Crippen LogP) is 3.38. The number of hydrogen-bond donors (Lipinski definition) is 1. The highest BCUT2D eigenvalue weighted by Crippen LogP contribution is 2.41. The smallest absolute Gasteiger partial charge is 0.358 e. The van der Waals surface area contributed by atoms with Crippen LogP contribution in [0.25, 0.3) is 27.7 Å². The minimum absolute atomic E-state index is 0.0692. The van der Waals surface area contributed by atoms with Crippen LogP contribution in [0.1, 0.15) is 31.2 Å². The Morgan fingerprint density at radius 2 is 1.53 bits per heavy atom. The van der Waals surface area contributed by atoms with Gasteiger partial charge in [-0.15, -0.1) is 0 Å². The molecule has 1 aliphatic rings. The molecule has 4 aromatic rings. The highest BCUT2D eigenvalue weighted by atomic mass is 16.5. The third kappa shape index (κ3) is 3.09. The van der Waals surface area contributed by atoms with Crippen molar-refractivity contribution >= 4 is 28.6 Å². The molecule has 3 aromatic carbocycles. The minimum Gasteiger partial charge on any atom is -0.496 e. The maximum Gasteiger partial charge on any atom is 0.358 e. The van der Waals surface area contributed by atoms with Crippen molar-refractivity contribution < 1.29 is 28.6 Å². The molecule has 2 heterocycles. The fourth-order valence-electron chi connectivity index (χ4n) is 4.24. The third-order valence-corrected chi connectivity index (χ3v) is 5.75. The quantitative estimate of drug-likeness (QED) is 0.361. The fraction of sp³-hybridized carbons (Fsp3) is 0.120. The lowest BCUT2D eigenvalue weighted by Crippen LogP contribution is -2.34. The molecule has 34 heavy (non-hydrogen) atoms. The number of aromatic nitrogens is 2. The summed E-state index contributed by atoms with van der Waals surface area (Å²) in [7, 11) is 4.34. The number of imide groups is 1. The molecule has 2 amide bonds. The summed E-state index contributed by atoms with van der Waals surface area (Å²) in [5, 5.41) is 8.00. The zero-order valence-electron chi connectivity index (χ0n) is 18.5. The monoisotopic (exact) mass is 457 g/mol. The van der Waals surface area contributed by atoms with Gasteiger partial charge in [0.1, 0.15) is 11.5 Å². The van der Waals surface area contributed by atoms with Crippen molar-refractivity contribution in [2.75, 3.05) is 21.3 Å². The lowest BCUT2D eigenvalue weighted by atomic mass is 9.94.